The largest absolute Gasteiger partial charge is 0.326 e. The van der Waals surface area contributed by atoms with E-state index in [9.17, 15) is 4.79 Å². The van der Waals surface area contributed by atoms with Crippen molar-refractivity contribution in [2.45, 2.75) is 18.2 Å². The molecule has 0 spiro atoms. The van der Waals surface area contributed by atoms with Crippen molar-refractivity contribution in [2.24, 2.45) is 0 Å². The van der Waals surface area contributed by atoms with Crippen LogP contribution in [0, 0.1) is 0 Å². The van der Waals surface area contributed by atoms with Crippen LogP contribution >= 0.6 is 46.6 Å². The smallest absolute Gasteiger partial charge is 0.224 e. The highest BCUT2D eigenvalue weighted by molar-refractivity contribution is 7.99. The van der Waals surface area contributed by atoms with Gasteiger partial charge in [-0.25, -0.2) is 0 Å². The lowest BCUT2D eigenvalue weighted by Gasteiger charge is -2.25. The third kappa shape index (κ3) is 4.20. The molecule has 0 aliphatic carbocycles. The zero-order valence-corrected chi connectivity index (χ0v) is 15.9. The Morgan fingerprint density at radius 2 is 1.92 bits per heavy atom. The Bertz CT molecular complexity index is 753. The summed E-state index contributed by atoms with van der Waals surface area (Å²) in [7, 11) is 0. The fourth-order valence-corrected chi connectivity index (χ4v) is 4.87. The average molecular weight is 401 g/mol. The number of halogens is 3. The summed E-state index contributed by atoms with van der Waals surface area (Å²) in [5.41, 5.74) is 2.02. The summed E-state index contributed by atoms with van der Waals surface area (Å²) >= 11 is 20.0. The quantitative estimate of drug-likeness (QED) is 0.641. The molecular formula is C18H16Cl3NOS. The zero-order chi connectivity index (χ0) is 17.1. The van der Waals surface area contributed by atoms with Crippen LogP contribution in [0.4, 0.5) is 0 Å². The third-order valence-corrected chi connectivity index (χ3v) is 6.00. The van der Waals surface area contributed by atoms with E-state index in [0.29, 0.717) is 27.9 Å². The third-order valence-electron chi connectivity index (χ3n) is 3.96. The number of nitrogens with zero attached hydrogens (tertiary/aromatic N) is 1. The van der Waals surface area contributed by atoms with Crippen LogP contribution in [0.25, 0.3) is 0 Å². The number of hydrogen-bond acceptors (Lipinski definition) is 2. The fourth-order valence-electron chi connectivity index (χ4n) is 2.77. The van der Waals surface area contributed by atoms with Gasteiger partial charge in [0.15, 0.2) is 0 Å². The summed E-state index contributed by atoms with van der Waals surface area (Å²) in [5, 5.41) is 1.87. The molecule has 1 amide bonds. The number of carbonyl (C=O) groups excluding carboxylic acids is 1. The second kappa shape index (κ2) is 8.01. The molecule has 126 valence electrons. The monoisotopic (exact) mass is 399 g/mol. The molecule has 0 aromatic heterocycles. The minimum absolute atomic E-state index is 0.0402. The Morgan fingerprint density at radius 3 is 2.67 bits per heavy atom. The van der Waals surface area contributed by atoms with E-state index in [1.54, 1.807) is 17.8 Å². The second-order valence-corrected chi connectivity index (χ2v) is 8.07. The van der Waals surface area contributed by atoms with Gasteiger partial charge < -0.3 is 4.90 Å². The van der Waals surface area contributed by atoms with Crippen LogP contribution < -0.4 is 0 Å². The van der Waals surface area contributed by atoms with Crippen molar-refractivity contribution in [3.8, 4) is 0 Å². The predicted octanol–water partition coefficient (Wildman–Crippen LogP) is 5.85. The highest BCUT2D eigenvalue weighted by atomic mass is 35.5. The van der Waals surface area contributed by atoms with Crippen molar-refractivity contribution < 1.29 is 4.79 Å². The highest BCUT2D eigenvalue weighted by Crippen LogP contribution is 2.41. The Balaban J connectivity index is 1.69. The Hall–Kier alpha value is -0.870. The molecule has 2 nitrogen and oxygen atoms in total. The molecule has 0 radical (unpaired) electrons. The second-order valence-electron chi connectivity index (χ2n) is 5.61. The molecule has 2 aromatic carbocycles. The van der Waals surface area contributed by atoms with Crippen molar-refractivity contribution in [3.63, 3.8) is 0 Å². The van der Waals surface area contributed by atoms with Crippen LogP contribution in [-0.2, 0) is 11.2 Å². The first kappa shape index (κ1) is 17.9. The minimum Gasteiger partial charge on any atom is -0.326 e. The molecule has 0 N–H and O–H groups in total. The van der Waals surface area contributed by atoms with E-state index >= 15 is 0 Å². The molecule has 0 bridgehead atoms. The summed E-state index contributed by atoms with van der Waals surface area (Å²) in [6.45, 7) is 0.739. The number of amides is 1. The maximum Gasteiger partial charge on any atom is 0.224 e. The number of benzene rings is 2. The average Bonchev–Trinajstić information content (AvgIpc) is 3.02. The SMILES string of the molecule is O=C(CCc1cccc(Cl)c1)N1CCSC1c1ccc(Cl)cc1Cl. The van der Waals surface area contributed by atoms with Crippen LogP contribution in [0.2, 0.25) is 15.1 Å². The van der Waals surface area contributed by atoms with Crippen molar-refractivity contribution in [1.29, 1.82) is 0 Å². The molecule has 1 aliphatic rings. The van der Waals surface area contributed by atoms with Gasteiger partial charge in [0.1, 0.15) is 5.37 Å². The summed E-state index contributed by atoms with van der Waals surface area (Å²) < 4.78 is 0. The summed E-state index contributed by atoms with van der Waals surface area (Å²) in [5.74, 6) is 1.04. The molecular weight excluding hydrogens is 385 g/mol. The number of rotatable bonds is 4. The van der Waals surface area contributed by atoms with Gasteiger partial charge in [-0.2, -0.15) is 0 Å². The molecule has 1 fully saturated rings. The number of thioether (sulfide) groups is 1. The lowest BCUT2D eigenvalue weighted by molar-refractivity contribution is -0.131. The molecule has 0 saturated carbocycles. The van der Waals surface area contributed by atoms with Crippen LogP contribution in [0.3, 0.4) is 0 Å². The summed E-state index contributed by atoms with van der Waals surface area (Å²) in [6.07, 6.45) is 1.14. The predicted molar refractivity (Wildman–Crippen MR) is 103 cm³/mol. The van der Waals surface area contributed by atoms with E-state index in [1.807, 2.05) is 41.3 Å². The van der Waals surface area contributed by atoms with Gasteiger partial charge in [-0.15, -0.1) is 11.8 Å². The van der Waals surface area contributed by atoms with Crippen molar-refractivity contribution >= 4 is 52.5 Å². The number of hydrogen-bond donors (Lipinski definition) is 0. The van der Waals surface area contributed by atoms with E-state index < -0.39 is 0 Å². The summed E-state index contributed by atoms with van der Waals surface area (Å²) in [4.78, 5) is 14.6. The first-order valence-corrected chi connectivity index (χ1v) is 9.83. The normalized spacial score (nSPS) is 17.3. The Labute approximate surface area is 161 Å². The van der Waals surface area contributed by atoms with E-state index in [1.165, 1.54) is 0 Å². The molecule has 2 aromatic rings. The maximum absolute atomic E-state index is 12.7. The van der Waals surface area contributed by atoms with Gasteiger partial charge in [0, 0.05) is 39.3 Å². The molecule has 1 heterocycles. The Kier molecular flexibility index (Phi) is 5.98. The van der Waals surface area contributed by atoms with Crippen molar-refractivity contribution in [1.82, 2.24) is 4.90 Å². The zero-order valence-electron chi connectivity index (χ0n) is 12.8. The summed E-state index contributed by atoms with van der Waals surface area (Å²) in [6, 6.07) is 13.1. The van der Waals surface area contributed by atoms with Crippen LogP contribution in [0.1, 0.15) is 22.9 Å². The molecule has 6 heteroatoms. The van der Waals surface area contributed by atoms with Crippen molar-refractivity contribution in [2.75, 3.05) is 12.3 Å². The topological polar surface area (TPSA) is 20.3 Å². The lowest BCUT2D eigenvalue weighted by Crippen LogP contribution is -2.30. The molecule has 1 saturated heterocycles. The van der Waals surface area contributed by atoms with Gasteiger partial charge >= 0.3 is 0 Å². The Morgan fingerprint density at radius 1 is 1.12 bits per heavy atom. The maximum atomic E-state index is 12.7. The van der Waals surface area contributed by atoms with Gasteiger partial charge in [0.2, 0.25) is 5.91 Å². The van der Waals surface area contributed by atoms with E-state index in [4.69, 9.17) is 34.8 Å². The van der Waals surface area contributed by atoms with Gasteiger partial charge in [0.25, 0.3) is 0 Å². The van der Waals surface area contributed by atoms with Crippen LogP contribution in [-0.4, -0.2) is 23.1 Å². The highest BCUT2D eigenvalue weighted by Gasteiger charge is 2.31. The van der Waals surface area contributed by atoms with E-state index in [2.05, 4.69) is 0 Å². The number of aryl methyl sites for hydroxylation is 1. The molecule has 1 aliphatic heterocycles. The number of carbonyl (C=O) groups is 1. The van der Waals surface area contributed by atoms with Crippen LogP contribution in [0.5, 0.6) is 0 Å². The van der Waals surface area contributed by atoms with Gasteiger partial charge in [-0.1, -0.05) is 53.0 Å². The van der Waals surface area contributed by atoms with E-state index in [0.717, 1.165) is 23.4 Å². The first-order valence-electron chi connectivity index (χ1n) is 7.65. The molecule has 1 atom stereocenters. The van der Waals surface area contributed by atoms with Crippen molar-refractivity contribution in [3.05, 3.63) is 68.7 Å². The van der Waals surface area contributed by atoms with Gasteiger partial charge in [0.05, 0.1) is 0 Å². The van der Waals surface area contributed by atoms with Crippen LogP contribution in [0.15, 0.2) is 42.5 Å². The molecule has 3 rings (SSSR count). The standard InChI is InChI=1S/C18H16Cl3NOS/c19-13-3-1-2-12(10-13)4-7-17(23)22-8-9-24-18(22)15-6-5-14(20)11-16(15)21/h1-3,5-6,10-11,18H,4,7-9H2. The minimum atomic E-state index is -0.0402. The van der Waals surface area contributed by atoms with Gasteiger partial charge in [-0.3, -0.25) is 4.79 Å². The molecule has 1 unspecified atom stereocenters. The fraction of sp³-hybridized carbons (Fsp3) is 0.278. The lowest BCUT2D eigenvalue weighted by atomic mass is 10.1. The van der Waals surface area contributed by atoms with Gasteiger partial charge in [-0.05, 0) is 36.2 Å². The molecule has 24 heavy (non-hydrogen) atoms. The van der Waals surface area contributed by atoms with E-state index in [-0.39, 0.29) is 11.3 Å². The first-order chi connectivity index (χ1) is 11.5.